The molecule has 0 aromatic carbocycles. The lowest BCUT2D eigenvalue weighted by Crippen LogP contribution is -2.56. The average Bonchev–Trinajstić information content (AvgIpc) is 2.74. The fraction of sp³-hybridized carbons (Fsp3) is 0.667. The molecule has 2 rings (SSSR count). The number of hydrogen-bond donors (Lipinski definition) is 1. The molecule has 1 saturated heterocycles. The minimum absolute atomic E-state index is 0.00963. The Labute approximate surface area is 92.8 Å². The number of aromatic nitrogens is 2. The molecule has 82 valence electrons. The number of piperazine rings is 1. The smallest absolute Gasteiger partial charge is 0.275 e. The molecule has 1 amide bonds. The Bertz CT molecular complexity index is 340. The maximum absolute atomic E-state index is 12.0. The Kier molecular flexibility index (Phi) is 2.97. The Morgan fingerprint density at radius 2 is 2.47 bits per heavy atom. The lowest BCUT2D eigenvalue weighted by atomic mass is 10.1. The molecule has 2 unspecified atom stereocenters. The largest absolute Gasteiger partial charge is 0.332 e. The van der Waals surface area contributed by atoms with Gasteiger partial charge in [-0.2, -0.15) is 8.75 Å². The van der Waals surface area contributed by atoms with Crippen LogP contribution >= 0.6 is 11.7 Å². The third kappa shape index (κ3) is 2.15. The second-order valence-corrected chi connectivity index (χ2v) is 4.47. The fourth-order valence-corrected chi connectivity index (χ4v) is 2.12. The third-order valence-electron chi connectivity index (χ3n) is 2.61. The molecule has 0 spiro atoms. The van der Waals surface area contributed by atoms with Crippen molar-refractivity contribution in [2.75, 3.05) is 13.1 Å². The highest BCUT2D eigenvalue weighted by Gasteiger charge is 2.28. The summed E-state index contributed by atoms with van der Waals surface area (Å²) in [5.74, 6) is -0.00963. The van der Waals surface area contributed by atoms with E-state index in [0.717, 1.165) is 24.8 Å². The number of rotatable bonds is 1. The monoisotopic (exact) mass is 226 g/mol. The molecule has 1 fully saturated rings. The van der Waals surface area contributed by atoms with Gasteiger partial charge in [-0.15, -0.1) is 0 Å². The highest BCUT2D eigenvalue weighted by atomic mass is 32.1. The summed E-state index contributed by atoms with van der Waals surface area (Å²) in [6.45, 7) is 5.68. The molecule has 2 atom stereocenters. The molecule has 1 aliphatic rings. The van der Waals surface area contributed by atoms with Crippen LogP contribution in [0.25, 0.3) is 0 Å². The third-order valence-corrected chi connectivity index (χ3v) is 3.08. The summed E-state index contributed by atoms with van der Waals surface area (Å²) in [6.07, 6.45) is 1.53. The van der Waals surface area contributed by atoms with Crippen LogP contribution in [0.3, 0.4) is 0 Å². The van der Waals surface area contributed by atoms with Gasteiger partial charge in [-0.3, -0.25) is 4.79 Å². The van der Waals surface area contributed by atoms with Gasteiger partial charge in [0.15, 0.2) is 5.69 Å². The van der Waals surface area contributed by atoms with Crippen molar-refractivity contribution in [2.45, 2.75) is 25.9 Å². The molecule has 0 radical (unpaired) electrons. The SMILES string of the molecule is CC1CN(C(=O)c2cnsn2)C(C)CN1. The van der Waals surface area contributed by atoms with Crippen LogP contribution in [0, 0.1) is 0 Å². The van der Waals surface area contributed by atoms with Crippen LogP contribution in [-0.2, 0) is 0 Å². The predicted molar refractivity (Wildman–Crippen MR) is 57.9 cm³/mol. The van der Waals surface area contributed by atoms with Crippen LogP contribution in [0.15, 0.2) is 6.20 Å². The van der Waals surface area contributed by atoms with Gasteiger partial charge >= 0.3 is 0 Å². The summed E-state index contributed by atoms with van der Waals surface area (Å²) >= 11 is 1.07. The van der Waals surface area contributed by atoms with E-state index in [9.17, 15) is 4.79 Å². The molecular formula is C9H14N4OS. The van der Waals surface area contributed by atoms with E-state index >= 15 is 0 Å². The summed E-state index contributed by atoms with van der Waals surface area (Å²) in [5, 5.41) is 3.33. The van der Waals surface area contributed by atoms with Crippen molar-refractivity contribution in [2.24, 2.45) is 0 Å². The highest BCUT2D eigenvalue weighted by molar-refractivity contribution is 6.99. The fourth-order valence-electron chi connectivity index (χ4n) is 1.71. The van der Waals surface area contributed by atoms with Crippen molar-refractivity contribution in [1.82, 2.24) is 19.0 Å². The van der Waals surface area contributed by atoms with Crippen molar-refractivity contribution in [3.63, 3.8) is 0 Å². The van der Waals surface area contributed by atoms with Gasteiger partial charge in [0.2, 0.25) is 0 Å². The van der Waals surface area contributed by atoms with Crippen molar-refractivity contribution in [3.8, 4) is 0 Å². The quantitative estimate of drug-likeness (QED) is 0.751. The molecule has 1 N–H and O–H groups in total. The van der Waals surface area contributed by atoms with Crippen LogP contribution < -0.4 is 5.32 Å². The number of amides is 1. The van der Waals surface area contributed by atoms with Crippen LogP contribution in [0.2, 0.25) is 0 Å². The Morgan fingerprint density at radius 3 is 3.13 bits per heavy atom. The lowest BCUT2D eigenvalue weighted by molar-refractivity contribution is 0.0611. The molecule has 5 nitrogen and oxygen atoms in total. The normalized spacial score (nSPS) is 26.7. The Hall–Kier alpha value is -1.01. The van der Waals surface area contributed by atoms with E-state index < -0.39 is 0 Å². The topological polar surface area (TPSA) is 58.1 Å². The first-order valence-corrected chi connectivity index (χ1v) is 5.73. The van der Waals surface area contributed by atoms with Crippen LogP contribution in [-0.4, -0.2) is 44.7 Å². The molecule has 1 aromatic heterocycles. The molecule has 1 aromatic rings. The van der Waals surface area contributed by atoms with Crippen molar-refractivity contribution >= 4 is 17.6 Å². The van der Waals surface area contributed by atoms with E-state index in [1.165, 1.54) is 6.20 Å². The van der Waals surface area contributed by atoms with E-state index in [4.69, 9.17) is 0 Å². The molecule has 0 saturated carbocycles. The molecule has 0 bridgehead atoms. The van der Waals surface area contributed by atoms with Crippen molar-refractivity contribution < 1.29 is 4.79 Å². The standard InChI is InChI=1S/C9H14N4OS/c1-6-5-13(7(2)3-10-6)9(14)8-4-11-15-12-8/h4,6-7,10H,3,5H2,1-2H3. The number of carbonyl (C=O) groups is 1. The van der Waals surface area contributed by atoms with E-state index in [2.05, 4.69) is 21.0 Å². The first-order valence-electron chi connectivity index (χ1n) is 5.00. The van der Waals surface area contributed by atoms with E-state index in [0.29, 0.717) is 11.7 Å². The van der Waals surface area contributed by atoms with E-state index in [-0.39, 0.29) is 11.9 Å². The first kappa shape index (κ1) is 10.5. The van der Waals surface area contributed by atoms with Gasteiger partial charge < -0.3 is 10.2 Å². The maximum atomic E-state index is 12.0. The van der Waals surface area contributed by atoms with Gasteiger partial charge in [-0.1, -0.05) is 0 Å². The number of carbonyl (C=O) groups excluding carboxylic acids is 1. The molecule has 15 heavy (non-hydrogen) atoms. The average molecular weight is 226 g/mol. The number of hydrogen-bond acceptors (Lipinski definition) is 5. The van der Waals surface area contributed by atoms with Crippen LogP contribution in [0.5, 0.6) is 0 Å². The number of nitrogens with one attached hydrogen (secondary N) is 1. The zero-order valence-corrected chi connectivity index (χ0v) is 9.62. The van der Waals surface area contributed by atoms with Gasteiger partial charge in [-0.05, 0) is 13.8 Å². The Morgan fingerprint density at radius 1 is 1.67 bits per heavy atom. The van der Waals surface area contributed by atoms with Gasteiger partial charge in [0.1, 0.15) is 0 Å². The van der Waals surface area contributed by atoms with E-state index in [1.54, 1.807) is 0 Å². The maximum Gasteiger partial charge on any atom is 0.275 e. The van der Waals surface area contributed by atoms with E-state index in [1.807, 2.05) is 11.8 Å². The molecule has 6 heteroatoms. The minimum Gasteiger partial charge on any atom is -0.332 e. The lowest BCUT2D eigenvalue weighted by Gasteiger charge is -2.37. The molecule has 0 aliphatic carbocycles. The second kappa shape index (κ2) is 4.24. The van der Waals surface area contributed by atoms with Gasteiger partial charge in [0.25, 0.3) is 5.91 Å². The zero-order chi connectivity index (χ0) is 10.8. The summed E-state index contributed by atoms with van der Waals surface area (Å²) in [5.41, 5.74) is 0.459. The predicted octanol–water partition coefficient (Wildman–Crippen LogP) is 0.360. The Balaban J connectivity index is 2.12. The molecular weight excluding hydrogens is 212 g/mol. The van der Waals surface area contributed by atoms with Crippen LogP contribution in [0.4, 0.5) is 0 Å². The molecule has 2 heterocycles. The summed E-state index contributed by atoms with van der Waals surface area (Å²) in [7, 11) is 0. The van der Waals surface area contributed by atoms with Crippen molar-refractivity contribution in [3.05, 3.63) is 11.9 Å². The number of nitrogens with zero attached hydrogens (tertiary/aromatic N) is 3. The van der Waals surface area contributed by atoms with Crippen LogP contribution in [0.1, 0.15) is 24.3 Å². The highest BCUT2D eigenvalue weighted by Crippen LogP contribution is 2.11. The first-order chi connectivity index (χ1) is 7.18. The van der Waals surface area contributed by atoms with Gasteiger partial charge in [0, 0.05) is 25.2 Å². The minimum atomic E-state index is -0.00963. The summed E-state index contributed by atoms with van der Waals surface area (Å²) in [4.78, 5) is 13.9. The second-order valence-electron chi connectivity index (χ2n) is 3.91. The van der Waals surface area contributed by atoms with Crippen molar-refractivity contribution in [1.29, 1.82) is 0 Å². The summed E-state index contributed by atoms with van der Waals surface area (Å²) in [6, 6.07) is 0.562. The summed E-state index contributed by atoms with van der Waals surface area (Å²) < 4.78 is 7.82. The van der Waals surface area contributed by atoms with Gasteiger partial charge in [-0.25, -0.2) is 0 Å². The van der Waals surface area contributed by atoms with Gasteiger partial charge in [0.05, 0.1) is 17.9 Å². The zero-order valence-electron chi connectivity index (χ0n) is 8.80. The molecule has 1 aliphatic heterocycles.